The maximum Gasteiger partial charge on any atom is 0.252 e. The molecule has 0 aliphatic carbocycles. The Kier molecular flexibility index (Phi) is 4.71. The Morgan fingerprint density at radius 3 is 2.83 bits per heavy atom. The summed E-state index contributed by atoms with van der Waals surface area (Å²) in [5.74, 6) is 0.0501. The van der Waals surface area contributed by atoms with Gasteiger partial charge in [-0.1, -0.05) is 41.6 Å². The van der Waals surface area contributed by atoms with E-state index in [0.717, 1.165) is 5.56 Å². The van der Waals surface area contributed by atoms with Crippen molar-refractivity contribution >= 4 is 44.3 Å². The largest absolute Gasteiger partial charge is 0.346 e. The molecule has 0 bridgehead atoms. The van der Waals surface area contributed by atoms with Crippen LogP contribution in [-0.2, 0) is 21.1 Å². The number of rotatable bonds is 3. The zero-order chi connectivity index (χ0) is 16.6. The number of halogens is 1. The Balaban J connectivity index is 1.75. The van der Waals surface area contributed by atoms with Crippen molar-refractivity contribution in [3.63, 3.8) is 0 Å². The summed E-state index contributed by atoms with van der Waals surface area (Å²) in [5, 5.41) is 1.16. The van der Waals surface area contributed by atoms with Gasteiger partial charge < -0.3 is 4.90 Å². The van der Waals surface area contributed by atoms with Crippen LogP contribution in [0.1, 0.15) is 12.5 Å². The summed E-state index contributed by atoms with van der Waals surface area (Å²) in [6, 6.07) is 7.13. The Labute approximate surface area is 145 Å². The zero-order valence-electron chi connectivity index (χ0n) is 12.6. The first-order chi connectivity index (χ1) is 10.9. The average molecular weight is 373 g/mol. The smallest absolute Gasteiger partial charge is 0.252 e. The third-order valence-electron chi connectivity index (χ3n) is 4.04. The van der Waals surface area contributed by atoms with E-state index in [-0.39, 0.29) is 35.1 Å². The maximum absolute atomic E-state index is 12.2. The second-order valence-electron chi connectivity index (χ2n) is 5.64. The van der Waals surface area contributed by atoms with Gasteiger partial charge in [0.15, 0.2) is 15.0 Å². The lowest BCUT2D eigenvalue weighted by molar-refractivity contribution is -0.117. The van der Waals surface area contributed by atoms with Crippen LogP contribution >= 0.6 is 23.4 Å². The molecule has 2 saturated heterocycles. The zero-order valence-corrected chi connectivity index (χ0v) is 15.0. The van der Waals surface area contributed by atoms with E-state index in [4.69, 9.17) is 11.6 Å². The molecule has 2 fully saturated rings. The predicted octanol–water partition coefficient (Wildman–Crippen LogP) is 2.00. The molecule has 2 atom stereocenters. The number of aliphatic imine (C=N–C) groups is 1. The summed E-state index contributed by atoms with van der Waals surface area (Å²) >= 11 is 7.47. The summed E-state index contributed by atoms with van der Waals surface area (Å²) in [6.45, 7) is 2.59. The van der Waals surface area contributed by atoms with E-state index in [2.05, 4.69) is 4.99 Å². The monoisotopic (exact) mass is 372 g/mol. The van der Waals surface area contributed by atoms with Crippen molar-refractivity contribution in [3.8, 4) is 0 Å². The lowest BCUT2D eigenvalue weighted by Gasteiger charge is -2.22. The van der Waals surface area contributed by atoms with Gasteiger partial charge >= 0.3 is 0 Å². The molecule has 3 rings (SSSR count). The first-order valence-corrected chi connectivity index (χ1v) is 10.5. The molecular weight excluding hydrogens is 356 g/mol. The topological polar surface area (TPSA) is 66.8 Å². The molecule has 0 saturated carbocycles. The Morgan fingerprint density at radius 2 is 2.13 bits per heavy atom. The molecule has 2 aliphatic rings. The van der Waals surface area contributed by atoms with Gasteiger partial charge in [0.05, 0.1) is 24.0 Å². The minimum atomic E-state index is -2.97. The van der Waals surface area contributed by atoms with E-state index >= 15 is 0 Å². The normalized spacial score (nSPS) is 27.4. The van der Waals surface area contributed by atoms with Crippen LogP contribution in [0.3, 0.4) is 0 Å². The molecule has 0 spiro atoms. The van der Waals surface area contributed by atoms with Crippen molar-refractivity contribution in [1.29, 1.82) is 0 Å². The van der Waals surface area contributed by atoms with Crippen LogP contribution in [0.2, 0.25) is 5.02 Å². The highest BCUT2D eigenvalue weighted by atomic mass is 35.5. The van der Waals surface area contributed by atoms with Crippen LogP contribution in [-0.4, -0.2) is 53.7 Å². The average Bonchev–Trinajstić information content (AvgIpc) is 2.92. The molecule has 2 aliphatic heterocycles. The molecule has 124 valence electrons. The van der Waals surface area contributed by atoms with Crippen molar-refractivity contribution in [2.45, 2.75) is 24.6 Å². The standard InChI is InChI=1S/C15H17ClN2O3S2/c1-2-18-12-8-23(20,21)9-13(12)22-15(18)17-14(19)7-10-5-3-4-6-11(10)16/h3-6,12-13H,2,7-9H2,1H3/t12-,13-/m1/s1. The highest BCUT2D eigenvalue weighted by molar-refractivity contribution is 8.15. The molecule has 1 aromatic carbocycles. The number of thioether (sulfide) groups is 1. The summed E-state index contributed by atoms with van der Waals surface area (Å²) in [4.78, 5) is 18.4. The van der Waals surface area contributed by atoms with E-state index in [9.17, 15) is 13.2 Å². The van der Waals surface area contributed by atoms with Crippen LogP contribution < -0.4 is 0 Å². The van der Waals surface area contributed by atoms with Crippen molar-refractivity contribution in [2.75, 3.05) is 18.1 Å². The molecule has 0 radical (unpaired) electrons. The number of hydrogen-bond donors (Lipinski definition) is 0. The Morgan fingerprint density at radius 1 is 1.39 bits per heavy atom. The minimum absolute atomic E-state index is 0.0215. The number of hydrogen-bond acceptors (Lipinski definition) is 4. The number of nitrogens with zero attached hydrogens (tertiary/aromatic N) is 2. The number of benzene rings is 1. The second-order valence-corrected chi connectivity index (χ2v) is 9.41. The highest BCUT2D eigenvalue weighted by Gasteiger charge is 2.48. The van der Waals surface area contributed by atoms with E-state index in [1.54, 1.807) is 12.1 Å². The fourth-order valence-corrected chi connectivity index (χ4v) is 7.19. The van der Waals surface area contributed by atoms with Gasteiger partial charge in [0.1, 0.15) is 0 Å². The van der Waals surface area contributed by atoms with Crippen LogP contribution in [0.15, 0.2) is 29.3 Å². The Hall–Kier alpha value is -1.05. The summed E-state index contributed by atoms with van der Waals surface area (Å²) < 4.78 is 23.5. The minimum Gasteiger partial charge on any atom is -0.346 e. The molecule has 1 aromatic rings. The molecule has 23 heavy (non-hydrogen) atoms. The predicted molar refractivity (Wildman–Crippen MR) is 93.8 cm³/mol. The number of carbonyl (C=O) groups excluding carboxylic acids is 1. The van der Waals surface area contributed by atoms with Gasteiger partial charge in [0.25, 0.3) is 5.91 Å². The van der Waals surface area contributed by atoms with Crippen LogP contribution in [0.4, 0.5) is 0 Å². The first-order valence-electron chi connectivity index (χ1n) is 7.38. The van der Waals surface area contributed by atoms with E-state index in [1.807, 2.05) is 24.0 Å². The van der Waals surface area contributed by atoms with Gasteiger partial charge in [0.2, 0.25) is 0 Å². The van der Waals surface area contributed by atoms with Gasteiger partial charge in [-0.25, -0.2) is 8.42 Å². The molecule has 0 unspecified atom stereocenters. The van der Waals surface area contributed by atoms with Gasteiger partial charge in [-0.2, -0.15) is 4.99 Å². The summed E-state index contributed by atoms with van der Waals surface area (Å²) in [7, 11) is -2.97. The van der Waals surface area contributed by atoms with Crippen molar-refractivity contribution in [1.82, 2.24) is 4.90 Å². The summed E-state index contributed by atoms with van der Waals surface area (Å²) in [5.41, 5.74) is 0.748. The van der Waals surface area contributed by atoms with Crippen molar-refractivity contribution < 1.29 is 13.2 Å². The molecule has 1 amide bonds. The lowest BCUT2D eigenvalue weighted by atomic mass is 10.1. The van der Waals surface area contributed by atoms with Gasteiger partial charge in [-0.3, -0.25) is 4.79 Å². The third kappa shape index (κ3) is 3.56. The second kappa shape index (κ2) is 6.45. The quantitative estimate of drug-likeness (QED) is 0.811. The van der Waals surface area contributed by atoms with Crippen molar-refractivity contribution in [3.05, 3.63) is 34.9 Å². The number of sulfone groups is 1. The molecular formula is C15H17ClN2O3S2. The summed E-state index contributed by atoms with van der Waals surface area (Å²) in [6.07, 6.45) is 0.148. The van der Waals surface area contributed by atoms with Gasteiger partial charge in [-0.15, -0.1) is 0 Å². The fourth-order valence-electron chi connectivity index (χ4n) is 2.96. The maximum atomic E-state index is 12.2. The van der Waals surface area contributed by atoms with Gasteiger partial charge in [-0.05, 0) is 18.6 Å². The van der Waals surface area contributed by atoms with Crippen LogP contribution in [0, 0.1) is 0 Å². The SMILES string of the molecule is CCN1C(=NC(=O)Cc2ccccc2Cl)S[C@@H]2CS(=O)(=O)C[C@H]21. The molecule has 0 N–H and O–H groups in total. The third-order valence-corrected chi connectivity index (χ3v) is 7.65. The molecule has 5 nitrogen and oxygen atoms in total. The van der Waals surface area contributed by atoms with Crippen LogP contribution in [0.25, 0.3) is 0 Å². The highest BCUT2D eigenvalue weighted by Crippen LogP contribution is 2.37. The molecule has 2 heterocycles. The number of amidine groups is 1. The molecule has 8 heteroatoms. The van der Waals surface area contributed by atoms with Gasteiger partial charge in [0, 0.05) is 16.8 Å². The Bertz CT molecular complexity index is 764. The number of fused-ring (bicyclic) bond motifs is 1. The van der Waals surface area contributed by atoms with E-state index in [1.165, 1.54) is 11.8 Å². The van der Waals surface area contributed by atoms with Crippen molar-refractivity contribution in [2.24, 2.45) is 4.99 Å². The molecule has 0 aromatic heterocycles. The van der Waals surface area contributed by atoms with E-state index in [0.29, 0.717) is 16.7 Å². The number of amides is 1. The van der Waals surface area contributed by atoms with E-state index < -0.39 is 9.84 Å². The van der Waals surface area contributed by atoms with Crippen LogP contribution in [0.5, 0.6) is 0 Å². The lowest BCUT2D eigenvalue weighted by Crippen LogP contribution is -2.37. The number of carbonyl (C=O) groups is 1. The fraction of sp³-hybridized carbons (Fsp3) is 0.467. The first kappa shape index (κ1) is 16.8.